The van der Waals surface area contributed by atoms with E-state index in [1.54, 1.807) is 0 Å². The van der Waals surface area contributed by atoms with E-state index in [4.69, 9.17) is 4.42 Å². The van der Waals surface area contributed by atoms with Gasteiger partial charge in [0, 0.05) is 27.7 Å². The Morgan fingerprint density at radius 1 is 0.276 bits per heavy atom. The Bertz CT molecular complexity index is 3280. The summed E-state index contributed by atoms with van der Waals surface area (Å²) in [6, 6.07) is 80.9. The summed E-state index contributed by atoms with van der Waals surface area (Å²) >= 11 is 0. The van der Waals surface area contributed by atoms with Crippen molar-refractivity contribution in [2.75, 3.05) is 4.90 Å². The van der Waals surface area contributed by atoms with Crippen LogP contribution in [0.1, 0.15) is 0 Å². The summed E-state index contributed by atoms with van der Waals surface area (Å²) < 4.78 is 6.34. The zero-order valence-corrected chi connectivity index (χ0v) is 31.7. The minimum Gasteiger partial charge on any atom is -0.456 e. The Hall–Kier alpha value is -7.68. The molecule has 0 unspecified atom stereocenters. The van der Waals surface area contributed by atoms with E-state index in [1.165, 1.54) is 38.2 Å². The van der Waals surface area contributed by atoms with Crippen molar-refractivity contribution in [1.82, 2.24) is 0 Å². The number of anilines is 3. The number of furan rings is 1. The first-order chi connectivity index (χ1) is 28.7. The highest BCUT2D eigenvalue weighted by atomic mass is 16.3. The van der Waals surface area contributed by atoms with Crippen LogP contribution in [0.4, 0.5) is 17.1 Å². The second-order valence-corrected chi connectivity index (χ2v) is 14.9. The maximum atomic E-state index is 6.34. The smallest absolute Gasteiger partial charge is 0.136 e. The van der Waals surface area contributed by atoms with Gasteiger partial charge in [0.15, 0.2) is 0 Å². The van der Waals surface area contributed by atoms with E-state index in [0.29, 0.717) is 0 Å². The Morgan fingerprint density at radius 2 is 0.897 bits per heavy atom. The van der Waals surface area contributed by atoms with E-state index in [0.717, 1.165) is 66.8 Å². The molecular formula is C56H37NO. The number of benzene rings is 10. The summed E-state index contributed by atoms with van der Waals surface area (Å²) in [6.45, 7) is 0. The zero-order valence-electron chi connectivity index (χ0n) is 31.7. The average molecular weight is 740 g/mol. The SMILES string of the molecule is c1ccc(-c2ccc(-c3cccc4ccccc34)cc2N(c2ccc(-c3ccc4ccccc4c3)cc2)c2cccc(-c3ccc4c(c3)oc3ccccc34)c2)cc1. The molecule has 0 N–H and O–H groups in total. The summed E-state index contributed by atoms with van der Waals surface area (Å²) in [5.74, 6) is 0. The van der Waals surface area contributed by atoms with E-state index in [9.17, 15) is 0 Å². The van der Waals surface area contributed by atoms with E-state index < -0.39 is 0 Å². The van der Waals surface area contributed by atoms with Crippen LogP contribution in [0.5, 0.6) is 0 Å². The first-order valence-electron chi connectivity index (χ1n) is 19.8. The molecule has 0 aliphatic rings. The number of fused-ring (bicyclic) bond motifs is 5. The van der Waals surface area contributed by atoms with Crippen molar-refractivity contribution in [2.24, 2.45) is 0 Å². The van der Waals surface area contributed by atoms with Crippen LogP contribution in [0, 0.1) is 0 Å². The molecule has 0 amide bonds. The molecule has 0 radical (unpaired) electrons. The third-order valence-electron chi connectivity index (χ3n) is 11.4. The first-order valence-corrected chi connectivity index (χ1v) is 19.8. The highest BCUT2D eigenvalue weighted by Crippen LogP contribution is 2.45. The predicted octanol–water partition coefficient (Wildman–Crippen LogP) is 16.0. The molecule has 0 atom stereocenters. The van der Waals surface area contributed by atoms with Gasteiger partial charge in [0.2, 0.25) is 0 Å². The molecule has 0 saturated carbocycles. The maximum Gasteiger partial charge on any atom is 0.136 e. The molecule has 272 valence electrons. The van der Waals surface area contributed by atoms with Crippen molar-refractivity contribution in [3.05, 3.63) is 224 Å². The van der Waals surface area contributed by atoms with Crippen molar-refractivity contribution >= 4 is 60.5 Å². The molecule has 11 aromatic rings. The van der Waals surface area contributed by atoms with Crippen molar-refractivity contribution in [3.8, 4) is 44.5 Å². The van der Waals surface area contributed by atoms with Crippen LogP contribution in [-0.4, -0.2) is 0 Å². The van der Waals surface area contributed by atoms with Gasteiger partial charge >= 0.3 is 0 Å². The standard InChI is InChI=1S/C56H37NO/c1-2-13-41(14-3-1)51-32-29-46(50-22-11-17-40-15-6-7-20-49(40)50)36-54(51)57(47-30-26-39(27-31-47)44-25-24-38-12-4-5-16-42(38)34-44)48-19-10-18-43(35-48)45-28-33-53-52-21-8-9-23-55(52)58-56(53)37-45/h1-37H. The second-order valence-electron chi connectivity index (χ2n) is 14.9. The molecule has 11 rings (SSSR count). The van der Waals surface area contributed by atoms with Gasteiger partial charge in [0.1, 0.15) is 11.2 Å². The lowest BCUT2D eigenvalue weighted by Crippen LogP contribution is -2.11. The van der Waals surface area contributed by atoms with Crippen LogP contribution in [0.15, 0.2) is 229 Å². The van der Waals surface area contributed by atoms with E-state index in [-0.39, 0.29) is 0 Å². The molecule has 0 aliphatic heterocycles. The van der Waals surface area contributed by atoms with Gasteiger partial charge in [0.05, 0.1) is 5.69 Å². The van der Waals surface area contributed by atoms with E-state index in [1.807, 2.05) is 12.1 Å². The molecule has 0 bridgehead atoms. The Morgan fingerprint density at radius 3 is 1.78 bits per heavy atom. The fourth-order valence-electron chi connectivity index (χ4n) is 8.55. The molecule has 1 heterocycles. The van der Waals surface area contributed by atoms with Crippen molar-refractivity contribution in [2.45, 2.75) is 0 Å². The lowest BCUT2D eigenvalue weighted by molar-refractivity contribution is 0.669. The Labute approximate surface area is 337 Å². The highest BCUT2D eigenvalue weighted by Gasteiger charge is 2.20. The van der Waals surface area contributed by atoms with Gasteiger partial charge < -0.3 is 9.32 Å². The second kappa shape index (κ2) is 14.1. The summed E-state index contributed by atoms with van der Waals surface area (Å²) in [5.41, 5.74) is 14.3. The van der Waals surface area contributed by atoms with Gasteiger partial charge in [-0.2, -0.15) is 0 Å². The minimum atomic E-state index is 0.888. The number of rotatable bonds is 7. The Balaban J connectivity index is 1.11. The quantitative estimate of drug-likeness (QED) is 0.162. The van der Waals surface area contributed by atoms with Gasteiger partial charge in [-0.25, -0.2) is 0 Å². The monoisotopic (exact) mass is 739 g/mol. The van der Waals surface area contributed by atoms with Crippen LogP contribution in [0.25, 0.3) is 88.0 Å². The van der Waals surface area contributed by atoms with Crippen molar-refractivity contribution in [1.29, 1.82) is 0 Å². The van der Waals surface area contributed by atoms with Gasteiger partial charge in [0.25, 0.3) is 0 Å². The lowest BCUT2D eigenvalue weighted by Gasteiger charge is -2.29. The fraction of sp³-hybridized carbons (Fsp3) is 0. The van der Waals surface area contributed by atoms with Crippen LogP contribution < -0.4 is 4.90 Å². The third kappa shape index (κ3) is 6.00. The number of nitrogens with zero attached hydrogens (tertiary/aromatic N) is 1. The molecule has 0 spiro atoms. The van der Waals surface area contributed by atoms with E-state index >= 15 is 0 Å². The predicted molar refractivity (Wildman–Crippen MR) is 245 cm³/mol. The molecule has 0 fully saturated rings. The maximum absolute atomic E-state index is 6.34. The molecule has 58 heavy (non-hydrogen) atoms. The van der Waals surface area contributed by atoms with Crippen LogP contribution in [0.2, 0.25) is 0 Å². The molecule has 0 aliphatic carbocycles. The third-order valence-corrected chi connectivity index (χ3v) is 11.4. The first kappa shape index (κ1) is 33.6. The molecular weight excluding hydrogens is 703 g/mol. The topological polar surface area (TPSA) is 16.4 Å². The summed E-state index contributed by atoms with van der Waals surface area (Å²) in [7, 11) is 0. The fourth-order valence-corrected chi connectivity index (χ4v) is 8.55. The van der Waals surface area contributed by atoms with Crippen molar-refractivity contribution < 1.29 is 4.42 Å². The number of hydrogen-bond donors (Lipinski definition) is 0. The molecule has 2 nitrogen and oxygen atoms in total. The highest BCUT2D eigenvalue weighted by molar-refractivity contribution is 6.06. The Kier molecular flexibility index (Phi) is 8.19. The summed E-state index contributed by atoms with van der Waals surface area (Å²) in [4.78, 5) is 2.42. The van der Waals surface area contributed by atoms with Crippen molar-refractivity contribution in [3.63, 3.8) is 0 Å². The zero-order chi connectivity index (χ0) is 38.4. The average Bonchev–Trinajstić information content (AvgIpc) is 3.67. The summed E-state index contributed by atoms with van der Waals surface area (Å²) in [6.07, 6.45) is 0. The van der Waals surface area contributed by atoms with Gasteiger partial charge in [-0.3, -0.25) is 0 Å². The van der Waals surface area contributed by atoms with Gasteiger partial charge in [-0.15, -0.1) is 0 Å². The van der Waals surface area contributed by atoms with E-state index in [2.05, 4.69) is 217 Å². The van der Waals surface area contributed by atoms with Gasteiger partial charge in [-0.1, -0.05) is 170 Å². The lowest BCUT2D eigenvalue weighted by atomic mass is 9.94. The van der Waals surface area contributed by atoms with Gasteiger partial charge in [-0.05, 0) is 115 Å². The molecule has 1 aromatic heterocycles. The van der Waals surface area contributed by atoms with Crippen LogP contribution in [-0.2, 0) is 0 Å². The number of para-hydroxylation sites is 1. The summed E-state index contributed by atoms with van der Waals surface area (Å²) in [5, 5.41) is 7.20. The van der Waals surface area contributed by atoms with Crippen LogP contribution in [0.3, 0.4) is 0 Å². The number of hydrogen-bond acceptors (Lipinski definition) is 2. The molecule has 0 saturated heterocycles. The minimum absolute atomic E-state index is 0.888. The molecule has 2 heteroatoms. The molecule has 10 aromatic carbocycles. The largest absolute Gasteiger partial charge is 0.456 e. The van der Waals surface area contributed by atoms with Crippen LogP contribution >= 0.6 is 0 Å². The normalized spacial score (nSPS) is 11.4.